The molecule has 0 spiro atoms. The lowest BCUT2D eigenvalue weighted by Gasteiger charge is -2.30. The molecule has 1 aromatic carbocycles. The summed E-state index contributed by atoms with van der Waals surface area (Å²) >= 11 is 1.84. The highest BCUT2D eigenvalue weighted by Gasteiger charge is 2.24. The van der Waals surface area contributed by atoms with Crippen molar-refractivity contribution in [2.75, 3.05) is 12.8 Å². The van der Waals surface area contributed by atoms with E-state index in [1.165, 1.54) is 31.9 Å². The first-order valence-electron chi connectivity index (χ1n) is 6.67. The summed E-state index contributed by atoms with van der Waals surface area (Å²) in [6.07, 6.45) is 6.22. The zero-order valence-electron chi connectivity index (χ0n) is 11.2. The Bertz CT molecular complexity index is 511. The first kappa shape index (κ1) is 14.9. The molecule has 2 N–H and O–H groups in total. The van der Waals surface area contributed by atoms with E-state index in [1.54, 1.807) is 12.1 Å². The van der Waals surface area contributed by atoms with Crippen LogP contribution < -0.4 is 5.73 Å². The second kappa shape index (κ2) is 6.29. The van der Waals surface area contributed by atoms with E-state index in [0.29, 0.717) is 16.1 Å². The number of nitrogens with two attached hydrogens (primary N) is 1. The van der Waals surface area contributed by atoms with Crippen LogP contribution in [0.2, 0.25) is 0 Å². The Kier molecular flexibility index (Phi) is 4.92. The van der Waals surface area contributed by atoms with Crippen LogP contribution in [0.5, 0.6) is 0 Å². The summed E-state index contributed by atoms with van der Waals surface area (Å²) in [5.41, 5.74) is 5.84. The molecule has 106 valence electrons. The van der Waals surface area contributed by atoms with Gasteiger partial charge in [-0.2, -0.15) is 0 Å². The lowest BCUT2D eigenvalue weighted by atomic mass is 9.89. The average molecular weight is 299 g/mol. The second-order valence-corrected chi connectivity index (χ2v) is 8.51. The Morgan fingerprint density at radius 2 is 1.84 bits per heavy atom. The van der Waals surface area contributed by atoms with Gasteiger partial charge in [0.2, 0.25) is 0 Å². The third-order valence-electron chi connectivity index (χ3n) is 3.68. The molecule has 0 bridgehead atoms. The van der Waals surface area contributed by atoms with Crippen LogP contribution in [-0.4, -0.2) is 26.5 Å². The van der Waals surface area contributed by atoms with E-state index in [1.807, 2.05) is 23.9 Å². The van der Waals surface area contributed by atoms with Crippen LogP contribution in [0, 0.1) is 5.92 Å². The van der Waals surface area contributed by atoms with E-state index in [0.717, 1.165) is 11.4 Å². The molecule has 0 amide bonds. The SMILES string of the molecule is CS(=O)(=O)c1ccc(SC2CCCCC2CN)cc1. The third kappa shape index (κ3) is 3.97. The van der Waals surface area contributed by atoms with Crippen LogP contribution in [0.25, 0.3) is 0 Å². The first-order chi connectivity index (χ1) is 9.00. The minimum Gasteiger partial charge on any atom is -0.330 e. The molecule has 2 unspecified atom stereocenters. The topological polar surface area (TPSA) is 60.2 Å². The Labute approximate surface area is 119 Å². The molecule has 1 aromatic rings. The maximum atomic E-state index is 11.4. The number of rotatable bonds is 4. The molecule has 0 aliphatic heterocycles. The van der Waals surface area contributed by atoms with E-state index >= 15 is 0 Å². The highest BCUT2D eigenvalue weighted by atomic mass is 32.2. The van der Waals surface area contributed by atoms with Gasteiger partial charge in [0.25, 0.3) is 0 Å². The normalized spacial score (nSPS) is 24.3. The van der Waals surface area contributed by atoms with Crippen molar-refractivity contribution in [2.45, 2.75) is 40.7 Å². The fraction of sp³-hybridized carbons (Fsp3) is 0.571. The van der Waals surface area contributed by atoms with Crippen molar-refractivity contribution in [2.24, 2.45) is 11.7 Å². The van der Waals surface area contributed by atoms with Gasteiger partial charge in [0, 0.05) is 16.4 Å². The fourth-order valence-corrected chi connectivity index (χ4v) is 4.54. The van der Waals surface area contributed by atoms with Gasteiger partial charge >= 0.3 is 0 Å². The van der Waals surface area contributed by atoms with Crippen molar-refractivity contribution in [1.82, 2.24) is 0 Å². The number of sulfone groups is 1. The number of hydrogen-bond acceptors (Lipinski definition) is 4. The van der Waals surface area contributed by atoms with Gasteiger partial charge in [-0.15, -0.1) is 11.8 Å². The summed E-state index contributed by atoms with van der Waals surface area (Å²) in [5.74, 6) is 0.591. The molecule has 19 heavy (non-hydrogen) atoms. The maximum Gasteiger partial charge on any atom is 0.175 e. The molecule has 0 aromatic heterocycles. The van der Waals surface area contributed by atoms with Crippen LogP contribution in [0.3, 0.4) is 0 Å². The van der Waals surface area contributed by atoms with Crippen LogP contribution in [0.4, 0.5) is 0 Å². The zero-order chi connectivity index (χ0) is 13.9. The van der Waals surface area contributed by atoms with Gasteiger partial charge in [0.1, 0.15) is 0 Å². The molecule has 0 heterocycles. The summed E-state index contributed by atoms with van der Waals surface area (Å²) < 4.78 is 22.8. The van der Waals surface area contributed by atoms with Crippen LogP contribution >= 0.6 is 11.8 Å². The van der Waals surface area contributed by atoms with Gasteiger partial charge in [0.05, 0.1) is 4.90 Å². The van der Waals surface area contributed by atoms with Crippen LogP contribution in [0.15, 0.2) is 34.1 Å². The summed E-state index contributed by atoms with van der Waals surface area (Å²) in [5, 5.41) is 0.572. The van der Waals surface area contributed by atoms with Gasteiger partial charge in [0.15, 0.2) is 9.84 Å². The lowest BCUT2D eigenvalue weighted by molar-refractivity contribution is 0.378. The number of thioether (sulfide) groups is 1. The highest BCUT2D eigenvalue weighted by Crippen LogP contribution is 2.37. The molecule has 5 heteroatoms. The van der Waals surface area contributed by atoms with Gasteiger partial charge in [-0.05, 0) is 49.6 Å². The molecule has 0 radical (unpaired) electrons. The smallest absolute Gasteiger partial charge is 0.175 e. The summed E-state index contributed by atoms with van der Waals surface area (Å²) in [6.45, 7) is 0.749. The number of benzene rings is 1. The molecule has 2 atom stereocenters. The van der Waals surface area contributed by atoms with Gasteiger partial charge in [-0.1, -0.05) is 12.8 Å². The molecule has 1 aliphatic rings. The van der Waals surface area contributed by atoms with Crippen molar-refractivity contribution >= 4 is 21.6 Å². The first-order valence-corrected chi connectivity index (χ1v) is 9.44. The standard InChI is InChI=1S/C14H21NO2S2/c1-19(16,17)13-8-6-12(7-9-13)18-14-5-3-2-4-11(14)10-15/h6-9,11,14H,2-5,10,15H2,1H3. The Balaban J connectivity index is 2.06. The third-order valence-corrected chi connectivity index (χ3v) is 6.28. The summed E-state index contributed by atoms with van der Waals surface area (Å²) in [4.78, 5) is 1.52. The molecule has 1 aliphatic carbocycles. The molecule has 2 rings (SSSR count). The molecular formula is C14H21NO2S2. The quantitative estimate of drug-likeness (QED) is 0.928. The van der Waals surface area contributed by atoms with E-state index < -0.39 is 9.84 Å². The molecule has 0 saturated heterocycles. The van der Waals surface area contributed by atoms with E-state index in [4.69, 9.17) is 5.73 Å². The number of hydrogen-bond donors (Lipinski definition) is 1. The predicted molar refractivity (Wildman–Crippen MR) is 80.2 cm³/mol. The van der Waals surface area contributed by atoms with Gasteiger partial charge < -0.3 is 5.73 Å². The lowest BCUT2D eigenvalue weighted by Crippen LogP contribution is -2.28. The van der Waals surface area contributed by atoms with Gasteiger partial charge in [-0.25, -0.2) is 8.42 Å². The van der Waals surface area contributed by atoms with E-state index in [-0.39, 0.29) is 0 Å². The maximum absolute atomic E-state index is 11.4. The van der Waals surface area contributed by atoms with Crippen molar-refractivity contribution in [3.8, 4) is 0 Å². The molecule has 1 saturated carbocycles. The van der Waals surface area contributed by atoms with E-state index in [9.17, 15) is 8.42 Å². The molecular weight excluding hydrogens is 278 g/mol. The zero-order valence-corrected chi connectivity index (χ0v) is 12.8. The van der Waals surface area contributed by atoms with Crippen molar-refractivity contribution in [3.05, 3.63) is 24.3 Å². The fourth-order valence-electron chi connectivity index (χ4n) is 2.54. The van der Waals surface area contributed by atoms with Gasteiger partial charge in [-0.3, -0.25) is 0 Å². The molecule has 3 nitrogen and oxygen atoms in total. The Morgan fingerprint density at radius 1 is 1.21 bits per heavy atom. The van der Waals surface area contributed by atoms with Crippen molar-refractivity contribution in [1.29, 1.82) is 0 Å². The Morgan fingerprint density at radius 3 is 2.42 bits per heavy atom. The molecule has 1 fully saturated rings. The minimum atomic E-state index is -3.10. The minimum absolute atomic E-state index is 0.385. The second-order valence-electron chi connectivity index (χ2n) is 5.18. The highest BCUT2D eigenvalue weighted by molar-refractivity contribution is 8.00. The summed E-state index contributed by atoms with van der Waals surface area (Å²) in [7, 11) is -3.10. The Hall–Kier alpha value is -0.520. The van der Waals surface area contributed by atoms with Crippen molar-refractivity contribution in [3.63, 3.8) is 0 Å². The monoisotopic (exact) mass is 299 g/mol. The van der Waals surface area contributed by atoms with Crippen LogP contribution in [-0.2, 0) is 9.84 Å². The average Bonchev–Trinajstić information content (AvgIpc) is 2.39. The predicted octanol–water partition coefficient (Wildman–Crippen LogP) is 2.70. The van der Waals surface area contributed by atoms with E-state index in [2.05, 4.69) is 0 Å². The largest absolute Gasteiger partial charge is 0.330 e. The van der Waals surface area contributed by atoms with Crippen molar-refractivity contribution < 1.29 is 8.42 Å². The van der Waals surface area contributed by atoms with Crippen LogP contribution in [0.1, 0.15) is 25.7 Å². The summed E-state index contributed by atoms with van der Waals surface area (Å²) in [6, 6.07) is 7.20.